The highest BCUT2D eigenvalue weighted by Crippen LogP contribution is 2.36. The Morgan fingerprint density at radius 2 is 1.56 bits per heavy atom. The lowest BCUT2D eigenvalue weighted by Gasteiger charge is -2.29. The fourth-order valence-electron chi connectivity index (χ4n) is 4.52. The second-order valence-electron chi connectivity index (χ2n) is 9.07. The summed E-state index contributed by atoms with van der Waals surface area (Å²) in [5.41, 5.74) is -1.09. The number of rotatable bonds is 5. The quantitative estimate of drug-likeness (QED) is 0.517. The molecule has 0 aromatic heterocycles. The first-order valence-corrected chi connectivity index (χ1v) is 12.9. The number of carbonyl (C=O) groups excluding carboxylic acids is 1. The van der Waals surface area contributed by atoms with Gasteiger partial charge in [0.15, 0.2) is 9.84 Å². The minimum absolute atomic E-state index is 0.0182. The summed E-state index contributed by atoms with van der Waals surface area (Å²) in [6.45, 7) is 0. The standard InChI is InChI=1S/C24H22F6N2O3S/c25-23(26,27)16-2-1-3-19(12-16)36(34,35)13-14-4-7-18(8-5-14)31-22(33)21-11-15-10-17(24(28,29)30)6-9-20(15)32-21/h1-3,6,9-10,12,14,18H,4-5,7-8,11,13H2,(H,31,33). The van der Waals surface area contributed by atoms with Crippen molar-refractivity contribution in [1.82, 2.24) is 5.32 Å². The van der Waals surface area contributed by atoms with Crippen LogP contribution >= 0.6 is 0 Å². The summed E-state index contributed by atoms with van der Waals surface area (Å²) in [5.74, 6) is -1.05. The van der Waals surface area contributed by atoms with Crippen LogP contribution in [0.25, 0.3) is 0 Å². The highest BCUT2D eigenvalue weighted by molar-refractivity contribution is 7.91. The SMILES string of the molecule is O=C(NC1CCC(CS(=O)(=O)c2cccc(C(F)(F)F)c2)CC1)C1=Nc2ccc(C(F)(F)F)cc2C1. The molecule has 1 aliphatic carbocycles. The van der Waals surface area contributed by atoms with Crippen molar-refractivity contribution in [1.29, 1.82) is 0 Å². The minimum atomic E-state index is -4.65. The summed E-state index contributed by atoms with van der Waals surface area (Å²) >= 11 is 0. The Balaban J connectivity index is 1.31. The maximum Gasteiger partial charge on any atom is 0.416 e. The first-order valence-electron chi connectivity index (χ1n) is 11.2. The molecule has 0 saturated heterocycles. The van der Waals surface area contributed by atoms with Gasteiger partial charge in [-0.3, -0.25) is 4.79 Å². The summed E-state index contributed by atoms with van der Waals surface area (Å²) in [7, 11) is -3.93. The monoisotopic (exact) mass is 532 g/mol. The molecule has 0 spiro atoms. The van der Waals surface area contributed by atoms with Gasteiger partial charge in [-0.2, -0.15) is 26.3 Å². The van der Waals surface area contributed by atoms with Crippen molar-refractivity contribution in [3.8, 4) is 0 Å². The summed E-state index contributed by atoms with van der Waals surface area (Å²) in [6, 6.07) is 6.53. The number of nitrogens with one attached hydrogen (secondary N) is 1. The van der Waals surface area contributed by atoms with Crippen LogP contribution in [0.4, 0.5) is 32.0 Å². The molecule has 2 aliphatic rings. The molecule has 1 N–H and O–H groups in total. The first kappa shape index (κ1) is 26.2. The Kier molecular flexibility index (Phi) is 6.93. The third-order valence-electron chi connectivity index (χ3n) is 6.44. The van der Waals surface area contributed by atoms with Gasteiger partial charge in [0.05, 0.1) is 27.5 Å². The molecule has 0 unspecified atom stereocenters. The van der Waals surface area contributed by atoms with E-state index in [9.17, 15) is 39.6 Å². The molecule has 5 nitrogen and oxygen atoms in total. The predicted molar refractivity (Wildman–Crippen MR) is 120 cm³/mol. The van der Waals surface area contributed by atoms with Crippen molar-refractivity contribution in [2.24, 2.45) is 10.9 Å². The van der Waals surface area contributed by atoms with E-state index >= 15 is 0 Å². The zero-order valence-corrected chi connectivity index (χ0v) is 19.6. The molecule has 1 saturated carbocycles. The number of hydrogen-bond acceptors (Lipinski definition) is 4. The van der Waals surface area contributed by atoms with Crippen LogP contribution in [0.5, 0.6) is 0 Å². The highest BCUT2D eigenvalue weighted by atomic mass is 32.2. The largest absolute Gasteiger partial charge is 0.416 e. The summed E-state index contributed by atoms with van der Waals surface area (Å²) in [6.07, 6.45) is -7.33. The number of amides is 1. The number of aliphatic imine (C=N–C) groups is 1. The number of halogens is 6. The molecule has 0 radical (unpaired) electrons. The smallest absolute Gasteiger partial charge is 0.348 e. The Labute approximate surface area is 203 Å². The van der Waals surface area contributed by atoms with E-state index in [1.54, 1.807) is 0 Å². The molecular weight excluding hydrogens is 510 g/mol. The zero-order chi connectivity index (χ0) is 26.3. The second kappa shape index (κ2) is 9.53. The molecule has 0 bridgehead atoms. The lowest BCUT2D eigenvalue weighted by Crippen LogP contribution is -2.41. The fourth-order valence-corrected chi connectivity index (χ4v) is 6.26. The van der Waals surface area contributed by atoms with Crippen molar-refractivity contribution in [2.45, 2.75) is 55.4 Å². The van der Waals surface area contributed by atoms with Crippen LogP contribution in [-0.2, 0) is 33.4 Å². The van der Waals surface area contributed by atoms with Crippen molar-refractivity contribution >= 4 is 27.1 Å². The number of nitrogens with zero attached hydrogens (tertiary/aromatic N) is 1. The van der Waals surface area contributed by atoms with Gasteiger partial charge in [-0.15, -0.1) is 0 Å². The zero-order valence-electron chi connectivity index (χ0n) is 18.8. The summed E-state index contributed by atoms with van der Waals surface area (Å²) < 4.78 is 103. The fraction of sp³-hybridized carbons (Fsp3) is 0.417. The van der Waals surface area contributed by atoms with Gasteiger partial charge in [0.2, 0.25) is 0 Å². The van der Waals surface area contributed by atoms with E-state index in [0.717, 1.165) is 30.3 Å². The van der Waals surface area contributed by atoms with Gasteiger partial charge in [0.1, 0.15) is 5.71 Å². The number of alkyl halides is 6. The van der Waals surface area contributed by atoms with E-state index in [1.807, 2.05) is 0 Å². The maximum absolute atomic E-state index is 12.9. The van der Waals surface area contributed by atoms with E-state index in [1.165, 1.54) is 6.07 Å². The maximum atomic E-state index is 12.9. The van der Waals surface area contributed by atoms with Gasteiger partial charge >= 0.3 is 12.4 Å². The van der Waals surface area contributed by atoms with Crippen molar-refractivity contribution in [2.75, 3.05) is 5.75 Å². The van der Waals surface area contributed by atoms with Crippen LogP contribution in [0, 0.1) is 5.92 Å². The number of carbonyl (C=O) groups is 1. The van der Waals surface area contributed by atoms with Crippen molar-refractivity contribution in [3.63, 3.8) is 0 Å². The molecule has 2 aromatic rings. The average Bonchev–Trinajstić information content (AvgIpc) is 3.23. The minimum Gasteiger partial charge on any atom is -0.348 e. The van der Waals surface area contributed by atoms with E-state index in [2.05, 4.69) is 10.3 Å². The van der Waals surface area contributed by atoms with E-state index in [0.29, 0.717) is 43.0 Å². The predicted octanol–water partition coefficient (Wildman–Crippen LogP) is 5.50. The Morgan fingerprint density at radius 1 is 0.917 bits per heavy atom. The van der Waals surface area contributed by atoms with Crippen LogP contribution in [0.15, 0.2) is 52.4 Å². The number of sulfone groups is 1. The molecular formula is C24H22F6N2O3S. The molecule has 1 heterocycles. The lowest BCUT2D eigenvalue weighted by molar-refractivity contribution is -0.138. The third kappa shape index (κ3) is 5.91. The molecule has 0 atom stereocenters. The Morgan fingerprint density at radius 3 is 2.19 bits per heavy atom. The van der Waals surface area contributed by atoms with Crippen LogP contribution in [0.2, 0.25) is 0 Å². The summed E-state index contributed by atoms with van der Waals surface area (Å²) in [4.78, 5) is 16.4. The highest BCUT2D eigenvalue weighted by Gasteiger charge is 2.34. The van der Waals surface area contributed by atoms with E-state index < -0.39 is 39.2 Å². The molecule has 194 valence electrons. The molecule has 12 heteroatoms. The van der Waals surface area contributed by atoms with Gasteiger partial charge in [-0.05, 0) is 73.6 Å². The van der Waals surface area contributed by atoms with Gasteiger partial charge in [0, 0.05) is 12.5 Å². The van der Waals surface area contributed by atoms with Gasteiger partial charge in [-0.25, -0.2) is 13.4 Å². The number of hydrogen-bond donors (Lipinski definition) is 1. The first-order chi connectivity index (χ1) is 16.7. The normalized spacial score (nSPS) is 20.6. The van der Waals surface area contributed by atoms with Crippen LogP contribution in [-0.4, -0.2) is 31.8 Å². The Hall–Kier alpha value is -2.89. The molecule has 4 rings (SSSR count). The molecule has 2 aromatic carbocycles. The Bertz CT molecular complexity index is 1290. The number of fused-ring (bicyclic) bond motifs is 1. The molecule has 1 amide bonds. The topological polar surface area (TPSA) is 75.6 Å². The second-order valence-corrected chi connectivity index (χ2v) is 11.1. The molecule has 36 heavy (non-hydrogen) atoms. The molecule has 1 fully saturated rings. The van der Waals surface area contributed by atoms with Crippen molar-refractivity contribution in [3.05, 3.63) is 59.2 Å². The van der Waals surface area contributed by atoms with E-state index in [-0.39, 0.29) is 34.7 Å². The van der Waals surface area contributed by atoms with E-state index in [4.69, 9.17) is 0 Å². The molecule has 1 aliphatic heterocycles. The van der Waals surface area contributed by atoms with Crippen LogP contribution < -0.4 is 5.32 Å². The summed E-state index contributed by atoms with van der Waals surface area (Å²) in [5, 5.41) is 2.81. The van der Waals surface area contributed by atoms with Gasteiger partial charge < -0.3 is 5.32 Å². The van der Waals surface area contributed by atoms with Crippen LogP contribution in [0.3, 0.4) is 0 Å². The van der Waals surface area contributed by atoms with Crippen molar-refractivity contribution < 1.29 is 39.6 Å². The van der Waals surface area contributed by atoms with Crippen LogP contribution in [0.1, 0.15) is 42.4 Å². The number of benzene rings is 2. The lowest BCUT2D eigenvalue weighted by atomic mass is 9.87. The van der Waals surface area contributed by atoms with Gasteiger partial charge in [-0.1, -0.05) is 6.07 Å². The average molecular weight is 533 g/mol. The third-order valence-corrected chi connectivity index (χ3v) is 8.32. The van der Waals surface area contributed by atoms with Gasteiger partial charge in [0.25, 0.3) is 5.91 Å².